The van der Waals surface area contributed by atoms with Crippen molar-refractivity contribution < 1.29 is 20.8 Å². The topological polar surface area (TPSA) is 0 Å². The van der Waals surface area contributed by atoms with E-state index in [0.717, 1.165) is 0 Å². The molecular weight excluding hydrogens is 386 g/mol. The third-order valence-electron chi connectivity index (χ3n) is 4.33. The Bertz CT molecular complexity index is 269. The molecule has 3 fully saturated rings. The van der Waals surface area contributed by atoms with Crippen LogP contribution in [0.25, 0.3) is 0 Å². The predicted molar refractivity (Wildman–Crippen MR) is 85.4 cm³/mol. The van der Waals surface area contributed by atoms with Crippen molar-refractivity contribution in [1.29, 1.82) is 0 Å². The van der Waals surface area contributed by atoms with Crippen LogP contribution in [0.3, 0.4) is 0 Å². The van der Waals surface area contributed by atoms with Gasteiger partial charge >= 0.3 is 37.9 Å². The van der Waals surface area contributed by atoms with Crippen LogP contribution in [0.5, 0.6) is 0 Å². The number of hydrogen-bond donors (Lipinski definition) is 0. The summed E-state index contributed by atoms with van der Waals surface area (Å²) in [6.45, 7) is 9.98. The Kier molecular flexibility index (Phi) is 5.96. The van der Waals surface area contributed by atoms with Gasteiger partial charge in [0.15, 0.2) is 0 Å². The van der Waals surface area contributed by atoms with Crippen molar-refractivity contribution in [2.75, 3.05) is 0 Å². The van der Waals surface area contributed by atoms with Gasteiger partial charge in [-0.1, -0.05) is 26.2 Å². The third kappa shape index (κ3) is 3.03. The van der Waals surface area contributed by atoms with Crippen molar-refractivity contribution in [3.63, 3.8) is 0 Å². The Morgan fingerprint density at radius 2 is 0.895 bits per heavy atom. The molecule has 0 N–H and O–H groups in total. The van der Waals surface area contributed by atoms with Crippen LogP contribution in [-0.2, 0) is 20.8 Å². The Hall–Kier alpha value is 1.90. The summed E-state index contributed by atoms with van der Waals surface area (Å²) in [5, 5.41) is 0. The van der Waals surface area contributed by atoms with Crippen LogP contribution < -0.4 is 0 Å². The standard InChI is InChI=1S/C14H18Si2.2ClH.Zr/c1-15(2)11-7-5-9-13(11)16(3,4)14-10-6-8-12(14)15;;;/h5-10H,1-4H3;2*1H;/q;;;+4/p-2. The second-order valence-corrected chi connectivity index (χ2v) is 18.4. The van der Waals surface area contributed by atoms with E-state index in [1.54, 1.807) is 22.2 Å². The maximum atomic E-state index is 4.93. The number of rotatable bonds is 0. The molecule has 0 atom stereocenters. The monoisotopic (exact) mass is 402 g/mol. The molecule has 2 saturated carbocycles. The van der Waals surface area contributed by atoms with Gasteiger partial charge in [-0.15, -0.1) is 0 Å². The van der Waals surface area contributed by atoms with Gasteiger partial charge in [0.2, 0.25) is 0 Å². The molecule has 0 aromatic heterocycles. The summed E-state index contributed by atoms with van der Waals surface area (Å²) in [5.41, 5.74) is 6.79. The third-order valence-corrected chi connectivity index (χ3v) is 12.0. The minimum absolute atomic E-state index is 0.826. The molecule has 0 aromatic rings. The van der Waals surface area contributed by atoms with Gasteiger partial charge in [-0.2, -0.15) is 0 Å². The zero-order valence-electron chi connectivity index (χ0n) is 11.7. The summed E-state index contributed by atoms with van der Waals surface area (Å²) in [4.78, 5) is 0. The molecule has 2 aliphatic carbocycles. The van der Waals surface area contributed by atoms with Crippen molar-refractivity contribution in [3.05, 3.63) is 60.7 Å². The van der Waals surface area contributed by atoms with Gasteiger partial charge in [-0.3, -0.25) is 0 Å². The molecule has 3 aliphatic rings. The second-order valence-electron chi connectivity index (χ2n) is 6.03. The van der Waals surface area contributed by atoms with Crippen molar-refractivity contribution in [3.8, 4) is 0 Å². The van der Waals surface area contributed by atoms with E-state index >= 15 is 0 Å². The molecular formula is C14H18Cl2Si2Zr+2. The SMILES string of the molecule is C[Si]1(C)[C]2[CH][CH][CH][C]2[Si](C)(C)[C]2[CH][CH][CH][C]21.[Cl][Zr+2][Cl]. The van der Waals surface area contributed by atoms with Gasteiger partial charge < -0.3 is 0 Å². The fourth-order valence-electron chi connectivity index (χ4n) is 3.31. The molecule has 1 saturated heterocycles. The van der Waals surface area contributed by atoms with Crippen LogP contribution in [0.15, 0.2) is 0 Å². The van der Waals surface area contributed by atoms with E-state index in [-0.39, 0.29) is 0 Å². The first kappa shape index (κ1) is 17.3. The average Bonchev–Trinajstić information content (AvgIpc) is 2.99. The van der Waals surface area contributed by atoms with Crippen molar-refractivity contribution in [2.24, 2.45) is 0 Å². The van der Waals surface area contributed by atoms with Crippen LogP contribution in [0.4, 0.5) is 0 Å². The summed E-state index contributed by atoms with van der Waals surface area (Å²) in [6.07, 6.45) is 14.1. The van der Waals surface area contributed by atoms with Gasteiger partial charge in [0.1, 0.15) is 0 Å². The molecule has 1 heterocycles. The van der Waals surface area contributed by atoms with E-state index in [1.807, 2.05) is 0 Å². The molecule has 1 aliphatic heterocycles. The summed E-state index contributed by atoms with van der Waals surface area (Å²) in [6, 6.07) is 0. The van der Waals surface area contributed by atoms with E-state index < -0.39 is 37.0 Å². The van der Waals surface area contributed by atoms with Crippen molar-refractivity contribution in [2.45, 2.75) is 26.2 Å². The molecule has 98 valence electrons. The van der Waals surface area contributed by atoms with Gasteiger partial charge in [0.25, 0.3) is 0 Å². The normalized spacial score (nSPS) is 30.2. The second kappa shape index (κ2) is 6.57. The molecule has 0 unspecified atom stereocenters. The molecule has 10 radical (unpaired) electrons. The summed E-state index contributed by atoms with van der Waals surface area (Å²) >= 11 is -0.826. The van der Waals surface area contributed by atoms with Crippen LogP contribution in [-0.4, -0.2) is 16.1 Å². The number of fused-ring (bicyclic) bond motifs is 2. The zero-order valence-corrected chi connectivity index (χ0v) is 17.7. The molecule has 0 nitrogen and oxygen atoms in total. The fourth-order valence-corrected chi connectivity index (χ4v) is 12.7. The first-order chi connectivity index (χ1) is 8.87. The Morgan fingerprint density at radius 3 is 1.11 bits per heavy atom. The van der Waals surface area contributed by atoms with E-state index in [0.29, 0.717) is 0 Å². The first-order valence-electron chi connectivity index (χ1n) is 6.37. The minimum atomic E-state index is -1.38. The van der Waals surface area contributed by atoms with E-state index in [4.69, 9.17) is 17.0 Å². The van der Waals surface area contributed by atoms with Gasteiger partial charge in [-0.25, -0.2) is 0 Å². The van der Waals surface area contributed by atoms with E-state index in [1.165, 1.54) is 0 Å². The molecule has 3 rings (SSSR count). The van der Waals surface area contributed by atoms with Crippen LogP contribution in [0.2, 0.25) is 26.2 Å². The molecule has 19 heavy (non-hydrogen) atoms. The molecule has 0 amide bonds. The molecule has 5 heteroatoms. The quantitative estimate of drug-likeness (QED) is 0.522. The van der Waals surface area contributed by atoms with E-state index in [9.17, 15) is 0 Å². The predicted octanol–water partition coefficient (Wildman–Crippen LogP) is 4.50. The zero-order chi connectivity index (χ0) is 14.3. The van der Waals surface area contributed by atoms with Crippen LogP contribution in [0, 0.1) is 60.7 Å². The molecule has 0 aromatic carbocycles. The first-order valence-corrected chi connectivity index (χ1v) is 18.7. The Morgan fingerprint density at radius 1 is 0.684 bits per heavy atom. The van der Waals surface area contributed by atoms with Crippen LogP contribution in [0.1, 0.15) is 0 Å². The average molecular weight is 405 g/mol. The van der Waals surface area contributed by atoms with Gasteiger partial charge in [0, 0.05) is 0 Å². The van der Waals surface area contributed by atoms with Crippen molar-refractivity contribution >= 4 is 33.2 Å². The Labute approximate surface area is 140 Å². The fraction of sp³-hybridized carbons (Fsp3) is 0.286. The number of halogens is 2. The summed E-state index contributed by atoms with van der Waals surface area (Å²) < 4.78 is 0. The van der Waals surface area contributed by atoms with E-state index in [2.05, 4.69) is 64.7 Å². The summed E-state index contributed by atoms with van der Waals surface area (Å²) in [5.74, 6) is 0. The molecule has 0 bridgehead atoms. The maximum absolute atomic E-state index is 4.93. The van der Waals surface area contributed by atoms with Gasteiger partial charge in [0.05, 0.1) is 16.1 Å². The number of hydrogen-bond acceptors (Lipinski definition) is 0. The van der Waals surface area contributed by atoms with Crippen LogP contribution >= 0.6 is 17.0 Å². The van der Waals surface area contributed by atoms with Gasteiger partial charge in [-0.05, 0) is 60.7 Å². The molecule has 0 spiro atoms. The van der Waals surface area contributed by atoms with Crippen molar-refractivity contribution in [1.82, 2.24) is 0 Å². The Balaban J connectivity index is 0.000000408. The summed E-state index contributed by atoms with van der Waals surface area (Å²) in [7, 11) is 7.10.